The Hall–Kier alpha value is -1.14. The monoisotopic (exact) mass is 219 g/mol. The molecule has 0 saturated heterocycles. The molecule has 2 N–H and O–H groups in total. The summed E-state index contributed by atoms with van der Waals surface area (Å²) in [5.41, 5.74) is 5.83. The van der Waals surface area contributed by atoms with E-state index in [4.69, 9.17) is 10.5 Å². The zero-order chi connectivity index (χ0) is 10.8. The van der Waals surface area contributed by atoms with Crippen molar-refractivity contribution in [2.24, 2.45) is 5.73 Å². The lowest BCUT2D eigenvalue weighted by molar-refractivity contribution is 0.401. The van der Waals surface area contributed by atoms with Crippen molar-refractivity contribution in [3.63, 3.8) is 0 Å². The van der Waals surface area contributed by atoms with Crippen molar-refractivity contribution in [3.8, 4) is 5.75 Å². The summed E-state index contributed by atoms with van der Waals surface area (Å²) in [6.45, 7) is 0.145. The first kappa shape index (κ1) is 10.9. The van der Waals surface area contributed by atoms with Gasteiger partial charge in [-0.2, -0.15) is 8.42 Å². The molecule has 0 amide bonds. The Morgan fingerprint density at radius 2 is 2.14 bits per heavy atom. The van der Waals surface area contributed by atoms with Crippen molar-refractivity contribution >= 4 is 10.2 Å². The maximum atomic E-state index is 12.7. The zero-order valence-corrected chi connectivity index (χ0v) is 8.34. The van der Waals surface area contributed by atoms with Crippen molar-refractivity contribution in [1.29, 1.82) is 0 Å². The minimum atomic E-state index is -4.76. The lowest BCUT2D eigenvalue weighted by Crippen LogP contribution is -2.01. The molecular weight excluding hydrogens is 209 g/mol. The zero-order valence-electron chi connectivity index (χ0n) is 7.53. The van der Waals surface area contributed by atoms with E-state index in [9.17, 15) is 12.3 Å². The van der Waals surface area contributed by atoms with Gasteiger partial charge in [0, 0.05) is 6.54 Å². The van der Waals surface area contributed by atoms with Crippen LogP contribution in [0.15, 0.2) is 23.1 Å². The number of hydrogen-bond acceptors (Lipinski definition) is 4. The molecule has 78 valence electrons. The summed E-state index contributed by atoms with van der Waals surface area (Å²) >= 11 is 0. The molecule has 0 atom stereocenters. The molecule has 14 heavy (non-hydrogen) atoms. The lowest BCUT2D eigenvalue weighted by atomic mass is 10.2. The smallest absolute Gasteiger partial charge is 0.335 e. The van der Waals surface area contributed by atoms with Crippen LogP contribution in [0, 0.1) is 0 Å². The molecule has 0 heterocycles. The maximum Gasteiger partial charge on any atom is 0.335 e. The van der Waals surface area contributed by atoms with E-state index in [1.807, 2.05) is 0 Å². The van der Waals surface area contributed by atoms with Gasteiger partial charge < -0.3 is 10.5 Å². The van der Waals surface area contributed by atoms with Gasteiger partial charge >= 0.3 is 10.2 Å². The number of hydrogen-bond donors (Lipinski definition) is 1. The summed E-state index contributed by atoms with van der Waals surface area (Å²) in [6.07, 6.45) is 0. The third-order valence-corrected chi connectivity index (χ3v) is 2.57. The molecule has 0 unspecified atom stereocenters. The van der Waals surface area contributed by atoms with Gasteiger partial charge in [-0.1, -0.05) is 6.07 Å². The van der Waals surface area contributed by atoms with E-state index in [0.29, 0.717) is 5.56 Å². The minimum absolute atomic E-state index is 0.0234. The Labute approximate surface area is 81.7 Å². The second-order valence-corrected chi connectivity index (χ2v) is 3.94. The van der Waals surface area contributed by atoms with Crippen LogP contribution < -0.4 is 10.5 Å². The summed E-state index contributed by atoms with van der Waals surface area (Å²) in [5.74, 6) is -0.0234. The molecule has 0 bridgehead atoms. The highest BCUT2D eigenvalue weighted by atomic mass is 32.3. The van der Waals surface area contributed by atoms with Crippen LogP contribution in [0.25, 0.3) is 0 Å². The van der Waals surface area contributed by atoms with E-state index in [2.05, 4.69) is 0 Å². The molecule has 1 aromatic rings. The average molecular weight is 219 g/mol. The summed E-state index contributed by atoms with van der Waals surface area (Å²) in [7, 11) is -3.49. The van der Waals surface area contributed by atoms with Gasteiger partial charge in [0.15, 0.2) is 0 Å². The summed E-state index contributed by atoms with van der Waals surface area (Å²) in [4.78, 5) is -0.483. The van der Waals surface area contributed by atoms with E-state index in [1.165, 1.54) is 13.2 Å². The van der Waals surface area contributed by atoms with Gasteiger partial charge in [0.05, 0.1) is 7.11 Å². The maximum absolute atomic E-state index is 12.7. The highest BCUT2D eigenvalue weighted by molar-refractivity contribution is 7.86. The summed E-state index contributed by atoms with van der Waals surface area (Å²) < 4.78 is 38.8. The Kier molecular flexibility index (Phi) is 3.07. The topological polar surface area (TPSA) is 69.4 Å². The first-order chi connectivity index (χ1) is 6.49. The average Bonchev–Trinajstić information content (AvgIpc) is 2.15. The number of ether oxygens (including phenoxy) is 1. The number of halogens is 1. The molecule has 1 rings (SSSR count). The third kappa shape index (κ3) is 2.21. The van der Waals surface area contributed by atoms with E-state index in [-0.39, 0.29) is 12.3 Å². The Balaban J connectivity index is 3.37. The molecule has 0 fully saturated rings. The SMILES string of the molecule is COc1ccc(CN)cc1S(=O)(=O)F. The molecule has 0 saturated carbocycles. The van der Waals surface area contributed by atoms with Crippen LogP contribution in [0.3, 0.4) is 0 Å². The van der Waals surface area contributed by atoms with E-state index in [0.717, 1.165) is 6.07 Å². The van der Waals surface area contributed by atoms with Crippen molar-refractivity contribution in [2.45, 2.75) is 11.4 Å². The van der Waals surface area contributed by atoms with Crippen LogP contribution in [0.5, 0.6) is 5.75 Å². The van der Waals surface area contributed by atoms with Crippen molar-refractivity contribution < 1.29 is 17.0 Å². The fourth-order valence-corrected chi connectivity index (χ4v) is 1.72. The molecular formula is C8H10FNO3S. The van der Waals surface area contributed by atoms with Crippen LogP contribution in [-0.4, -0.2) is 15.5 Å². The number of methoxy groups -OCH3 is 1. The van der Waals surface area contributed by atoms with E-state index < -0.39 is 15.1 Å². The second-order valence-electron chi connectivity index (χ2n) is 2.63. The van der Waals surface area contributed by atoms with Gasteiger partial charge in [0.1, 0.15) is 10.6 Å². The second kappa shape index (κ2) is 3.93. The van der Waals surface area contributed by atoms with Crippen molar-refractivity contribution in [3.05, 3.63) is 23.8 Å². The lowest BCUT2D eigenvalue weighted by Gasteiger charge is -2.06. The summed E-state index contributed by atoms with van der Waals surface area (Å²) in [5, 5.41) is 0. The van der Waals surface area contributed by atoms with Crippen LogP contribution in [0.4, 0.5) is 3.89 Å². The Bertz CT molecular complexity index is 430. The fourth-order valence-electron chi connectivity index (χ4n) is 1.04. The van der Waals surface area contributed by atoms with Gasteiger partial charge in [0.2, 0.25) is 0 Å². The molecule has 0 aliphatic heterocycles. The highest BCUT2D eigenvalue weighted by Gasteiger charge is 2.18. The number of benzene rings is 1. The van der Waals surface area contributed by atoms with Crippen molar-refractivity contribution in [1.82, 2.24) is 0 Å². The first-order valence-electron chi connectivity index (χ1n) is 3.80. The molecule has 1 aromatic carbocycles. The van der Waals surface area contributed by atoms with Gasteiger partial charge in [-0.05, 0) is 17.7 Å². The third-order valence-electron chi connectivity index (χ3n) is 1.73. The number of nitrogens with two attached hydrogens (primary N) is 1. The number of rotatable bonds is 3. The summed E-state index contributed by atoms with van der Waals surface area (Å²) in [6, 6.07) is 4.11. The van der Waals surface area contributed by atoms with Crippen LogP contribution in [-0.2, 0) is 16.8 Å². The predicted molar refractivity (Wildman–Crippen MR) is 49.2 cm³/mol. The van der Waals surface area contributed by atoms with Gasteiger partial charge in [-0.15, -0.1) is 3.89 Å². The fraction of sp³-hybridized carbons (Fsp3) is 0.250. The van der Waals surface area contributed by atoms with Gasteiger partial charge in [0.25, 0.3) is 0 Å². The molecule has 0 aliphatic rings. The van der Waals surface area contributed by atoms with Crippen LogP contribution in [0.2, 0.25) is 0 Å². The molecule has 0 radical (unpaired) electrons. The first-order valence-corrected chi connectivity index (χ1v) is 5.19. The Morgan fingerprint density at radius 1 is 1.50 bits per heavy atom. The standard InChI is InChI=1S/C8H10FNO3S/c1-13-7-3-2-6(5-10)4-8(7)14(9,11)12/h2-4H,5,10H2,1H3. The predicted octanol–water partition coefficient (Wildman–Crippen LogP) is 0.812. The van der Waals surface area contributed by atoms with Crippen LogP contribution in [0.1, 0.15) is 5.56 Å². The van der Waals surface area contributed by atoms with E-state index >= 15 is 0 Å². The normalized spacial score (nSPS) is 11.4. The van der Waals surface area contributed by atoms with Gasteiger partial charge in [-0.25, -0.2) is 0 Å². The molecule has 4 nitrogen and oxygen atoms in total. The molecule has 6 heteroatoms. The Morgan fingerprint density at radius 3 is 2.57 bits per heavy atom. The highest BCUT2D eigenvalue weighted by Crippen LogP contribution is 2.26. The van der Waals surface area contributed by atoms with Crippen molar-refractivity contribution in [2.75, 3.05) is 7.11 Å². The molecule has 0 aromatic heterocycles. The minimum Gasteiger partial charge on any atom is -0.495 e. The van der Waals surface area contributed by atoms with Gasteiger partial charge in [-0.3, -0.25) is 0 Å². The molecule has 0 aliphatic carbocycles. The van der Waals surface area contributed by atoms with E-state index in [1.54, 1.807) is 6.07 Å². The molecule has 0 spiro atoms. The largest absolute Gasteiger partial charge is 0.495 e. The quantitative estimate of drug-likeness (QED) is 0.764. The van der Waals surface area contributed by atoms with Crippen LogP contribution >= 0.6 is 0 Å².